The minimum Gasteiger partial charge on any atom is -0.324 e. The summed E-state index contributed by atoms with van der Waals surface area (Å²) in [7, 11) is 0. The molecule has 7 heteroatoms. The lowest BCUT2D eigenvalue weighted by molar-refractivity contribution is -0.128. The van der Waals surface area contributed by atoms with Crippen LogP contribution in [0, 0.1) is 12.7 Å². The minimum atomic E-state index is -0.546. The first-order valence-electron chi connectivity index (χ1n) is 9.21. The van der Waals surface area contributed by atoms with E-state index in [1.54, 1.807) is 17.0 Å². The molecule has 1 saturated carbocycles. The maximum absolute atomic E-state index is 13.7. The monoisotopic (exact) mass is 397 g/mol. The summed E-state index contributed by atoms with van der Waals surface area (Å²) in [5.74, 6) is -0.977. The van der Waals surface area contributed by atoms with Crippen LogP contribution in [-0.2, 0) is 9.59 Å². The van der Waals surface area contributed by atoms with Gasteiger partial charge in [-0.15, -0.1) is 0 Å². The Hall–Kier alpha value is -2.67. The summed E-state index contributed by atoms with van der Waals surface area (Å²) in [6.07, 6.45) is 1.88. The number of hydrogen-bond acceptors (Lipinski definition) is 4. The first-order valence-corrected chi connectivity index (χ1v) is 10.1. The maximum atomic E-state index is 13.7. The van der Waals surface area contributed by atoms with Gasteiger partial charge in [0.2, 0.25) is 11.8 Å². The summed E-state index contributed by atoms with van der Waals surface area (Å²) in [4.78, 5) is 31.7. The van der Waals surface area contributed by atoms with Crippen LogP contribution in [0.4, 0.5) is 15.8 Å². The number of aryl methyl sites for hydroxylation is 1. The quantitative estimate of drug-likeness (QED) is 0.820. The van der Waals surface area contributed by atoms with Crippen molar-refractivity contribution in [3.8, 4) is 0 Å². The van der Waals surface area contributed by atoms with Crippen LogP contribution in [0.5, 0.6) is 0 Å². The number of halogens is 1. The van der Waals surface area contributed by atoms with Gasteiger partial charge in [-0.1, -0.05) is 42.1 Å². The van der Waals surface area contributed by atoms with Crippen molar-refractivity contribution in [2.75, 3.05) is 5.32 Å². The molecule has 1 heterocycles. The Labute approximate surface area is 167 Å². The van der Waals surface area contributed by atoms with E-state index >= 15 is 0 Å². The van der Waals surface area contributed by atoms with Gasteiger partial charge in [-0.3, -0.25) is 14.5 Å². The predicted octanol–water partition coefficient (Wildman–Crippen LogP) is 4.26. The van der Waals surface area contributed by atoms with Crippen LogP contribution < -0.4 is 5.32 Å². The van der Waals surface area contributed by atoms with E-state index in [4.69, 9.17) is 4.99 Å². The number of para-hydroxylation sites is 2. The topological polar surface area (TPSA) is 61.8 Å². The van der Waals surface area contributed by atoms with Crippen LogP contribution in [0.2, 0.25) is 0 Å². The van der Waals surface area contributed by atoms with Crippen molar-refractivity contribution in [2.45, 2.75) is 37.5 Å². The summed E-state index contributed by atoms with van der Waals surface area (Å²) < 4.78 is 13.7. The average Bonchev–Trinajstić information content (AvgIpc) is 3.45. The highest BCUT2D eigenvalue weighted by molar-refractivity contribution is 8.15. The van der Waals surface area contributed by atoms with E-state index in [0.29, 0.717) is 5.17 Å². The van der Waals surface area contributed by atoms with E-state index in [1.807, 2.05) is 31.2 Å². The molecule has 28 heavy (non-hydrogen) atoms. The summed E-state index contributed by atoms with van der Waals surface area (Å²) in [5.41, 5.74) is 1.97. The minimum absolute atomic E-state index is 0.0200. The van der Waals surface area contributed by atoms with Crippen molar-refractivity contribution in [3.05, 3.63) is 59.9 Å². The second kappa shape index (κ2) is 7.75. The summed E-state index contributed by atoms with van der Waals surface area (Å²) in [5, 5.41) is 2.65. The number of anilines is 1. The smallest absolute Gasteiger partial charge is 0.242 e. The number of benzene rings is 2. The number of hydrogen-bond donors (Lipinski definition) is 1. The molecule has 1 saturated heterocycles. The fourth-order valence-corrected chi connectivity index (χ4v) is 4.29. The molecule has 1 N–H and O–H groups in total. The second-order valence-electron chi connectivity index (χ2n) is 6.96. The van der Waals surface area contributed by atoms with Crippen LogP contribution >= 0.6 is 11.8 Å². The molecule has 2 aromatic rings. The third-order valence-corrected chi connectivity index (χ3v) is 5.88. The van der Waals surface area contributed by atoms with Crippen molar-refractivity contribution in [3.63, 3.8) is 0 Å². The lowest BCUT2D eigenvalue weighted by atomic mass is 10.2. The molecule has 4 rings (SSSR count). The van der Waals surface area contributed by atoms with Crippen LogP contribution in [0.3, 0.4) is 0 Å². The molecule has 0 bridgehead atoms. The van der Waals surface area contributed by atoms with Gasteiger partial charge in [-0.05, 0) is 43.5 Å². The van der Waals surface area contributed by atoms with E-state index in [1.165, 1.54) is 23.9 Å². The molecule has 1 aliphatic heterocycles. The molecule has 2 aromatic carbocycles. The number of carbonyl (C=O) groups is 2. The number of thioether (sulfide) groups is 1. The molecule has 144 valence electrons. The van der Waals surface area contributed by atoms with Crippen molar-refractivity contribution >= 4 is 40.1 Å². The number of rotatable bonds is 5. The average molecular weight is 397 g/mol. The molecule has 0 aromatic heterocycles. The zero-order chi connectivity index (χ0) is 19.7. The Morgan fingerprint density at radius 2 is 1.93 bits per heavy atom. The van der Waals surface area contributed by atoms with Crippen LogP contribution in [0.25, 0.3) is 0 Å². The Morgan fingerprint density at radius 3 is 2.64 bits per heavy atom. The van der Waals surface area contributed by atoms with Gasteiger partial charge in [0, 0.05) is 12.5 Å². The van der Waals surface area contributed by atoms with Gasteiger partial charge < -0.3 is 5.32 Å². The fraction of sp³-hybridized carbons (Fsp3) is 0.286. The van der Waals surface area contributed by atoms with Crippen LogP contribution in [0.15, 0.2) is 53.5 Å². The summed E-state index contributed by atoms with van der Waals surface area (Å²) in [6.45, 7) is 1.97. The lowest BCUT2D eigenvalue weighted by Gasteiger charge is -2.15. The molecule has 1 aliphatic carbocycles. The van der Waals surface area contributed by atoms with Gasteiger partial charge in [0.25, 0.3) is 0 Å². The number of amides is 2. The molecule has 0 radical (unpaired) electrons. The SMILES string of the molecule is Cc1ccccc1N=C1S[C@H](CC(=O)Nc2ccccc2F)C(=O)N1C1CC1. The Morgan fingerprint density at radius 1 is 1.21 bits per heavy atom. The van der Waals surface area contributed by atoms with Crippen LogP contribution in [0.1, 0.15) is 24.8 Å². The number of nitrogens with zero attached hydrogens (tertiary/aromatic N) is 2. The van der Waals surface area contributed by atoms with Gasteiger partial charge in [0.05, 0.1) is 11.4 Å². The fourth-order valence-electron chi connectivity index (χ4n) is 3.09. The van der Waals surface area contributed by atoms with Gasteiger partial charge in [-0.25, -0.2) is 9.38 Å². The third kappa shape index (κ3) is 3.94. The van der Waals surface area contributed by atoms with Gasteiger partial charge in [-0.2, -0.15) is 0 Å². The largest absolute Gasteiger partial charge is 0.324 e. The molecule has 2 aliphatic rings. The number of carbonyl (C=O) groups excluding carboxylic acids is 2. The normalized spacial score (nSPS) is 20.6. The van der Waals surface area contributed by atoms with Crippen molar-refractivity contribution in [1.29, 1.82) is 0 Å². The number of nitrogens with one attached hydrogen (secondary N) is 1. The van der Waals surface area contributed by atoms with Crippen LogP contribution in [-0.4, -0.2) is 33.2 Å². The Bertz CT molecular complexity index is 958. The Balaban J connectivity index is 1.51. The molecular weight excluding hydrogens is 377 g/mol. The predicted molar refractivity (Wildman–Crippen MR) is 109 cm³/mol. The Kier molecular flexibility index (Phi) is 5.17. The zero-order valence-electron chi connectivity index (χ0n) is 15.4. The van der Waals surface area contributed by atoms with E-state index in [0.717, 1.165) is 24.1 Å². The van der Waals surface area contributed by atoms with Crippen molar-refractivity contribution < 1.29 is 14.0 Å². The van der Waals surface area contributed by atoms with Crippen molar-refractivity contribution in [1.82, 2.24) is 4.90 Å². The standard InChI is InChI=1S/C21H20FN3O2S/c1-13-6-2-4-8-16(13)24-21-25(14-10-11-14)20(27)18(28-21)12-19(26)23-17-9-5-3-7-15(17)22/h2-9,14,18H,10-12H2,1H3,(H,23,26)/t18-/m1/s1. The third-order valence-electron chi connectivity index (χ3n) is 4.73. The van der Waals surface area contributed by atoms with E-state index in [2.05, 4.69) is 5.32 Å². The molecule has 1 atom stereocenters. The first kappa shape index (κ1) is 18.7. The first-order chi connectivity index (χ1) is 13.5. The summed E-state index contributed by atoms with van der Waals surface area (Å²) >= 11 is 1.31. The molecule has 2 amide bonds. The van der Waals surface area contributed by atoms with Crippen molar-refractivity contribution in [2.24, 2.45) is 4.99 Å². The molecule has 0 unspecified atom stereocenters. The van der Waals surface area contributed by atoms with Gasteiger partial charge in [0.1, 0.15) is 11.1 Å². The highest BCUT2D eigenvalue weighted by Crippen LogP contribution is 2.39. The number of amidine groups is 1. The second-order valence-corrected chi connectivity index (χ2v) is 8.13. The zero-order valence-corrected chi connectivity index (χ0v) is 16.2. The highest BCUT2D eigenvalue weighted by atomic mass is 32.2. The van der Waals surface area contributed by atoms with Gasteiger partial charge >= 0.3 is 0 Å². The molecule has 2 fully saturated rings. The number of aliphatic imine (C=N–C) groups is 1. The maximum Gasteiger partial charge on any atom is 0.242 e. The van der Waals surface area contributed by atoms with E-state index < -0.39 is 11.1 Å². The highest BCUT2D eigenvalue weighted by Gasteiger charge is 2.46. The lowest BCUT2D eigenvalue weighted by Crippen LogP contribution is -2.35. The van der Waals surface area contributed by atoms with E-state index in [-0.39, 0.29) is 30.0 Å². The summed E-state index contributed by atoms with van der Waals surface area (Å²) in [6, 6.07) is 13.9. The molecule has 5 nitrogen and oxygen atoms in total. The van der Waals surface area contributed by atoms with Gasteiger partial charge in [0.15, 0.2) is 5.17 Å². The van der Waals surface area contributed by atoms with E-state index in [9.17, 15) is 14.0 Å². The molecular formula is C21H20FN3O2S. The molecule has 0 spiro atoms.